The van der Waals surface area contributed by atoms with Crippen LogP contribution in [0.25, 0.3) is 0 Å². The van der Waals surface area contributed by atoms with Crippen molar-refractivity contribution in [1.82, 2.24) is 0 Å². The highest BCUT2D eigenvalue weighted by Gasteiger charge is 2.22. The molecule has 92 valence electrons. The molecule has 4 nitrogen and oxygen atoms in total. The van der Waals surface area contributed by atoms with Gasteiger partial charge in [-0.1, -0.05) is 0 Å². The Morgan fingerprint density at radius 2 is 1.94 bits per heavy atom. The number of rotatable bonds is 3. The number of carbonyl (C=O) groups excluding carboxylic acids is 1. The zero-order valence-electron chi connectivity index (χ0n) is 8.63. The van der Waals surface area contributed by atoms with Crippen LogP contribution in [-0.2, 0) is 9.59 Å². The van der Waals surface area contributed by atoms with Gasteiger partial charge in [-0.05, 0) is 28.9 Å². The molecule has 1 amide bonds. The van der Waals surface area contributed by atoms with Gasteiger partial charge in [-0.3, -0.25) is 9.59 Å². The van der Waals surface area contributed by atoms with Gasteiger partial charge in [0.05, 0.1) is 10.2 Å². The predicted molar refractivity (Wildman–Crippen MR) is 59.5 cm³/mol. The first-order chi connectivity index (χ1) is 7.82. The average Bonchev–Trinajstić information content (AvgIpc) is 2.24. The molecule has 0 radical (unpaired) electrons. The van der Waals surface area contributed by atoms with E-state index in [1.54, 1.807) is 0 Å². The number of carboxylic acids is 1. The van der Waals surface area contributed by atoms with Gasteiger partial charge in [-0.2, -0.15) is 0 Å². The van der Waals surface area contributed by atoms with Crippen molar-refractivity contribution in [3.63, 3.8) is 0 Å². The number of halogens is 3. The average molecular weight is 308 g/mol. The summed E-state index contributed by atoms with van der Waals surface area (Å²) in [5.74, 6) is -5.23. The van der Waals surface area contributed by atoms with Crippen molar-refractivity contribution in [2.24, 2.45) is 5.92 Å². The normalized spacial score (nSPS) is 12.0. The first kappa shape index (κ1) is 13.6. The Morgan fingerprint density at radius 3 is 2.47 bits per heavy atom. The van der Waals surface area contributed by atoms with Gasteiger partial charge in [0.1, 0.15) is 17.6 Å². The lowest BCUT2D eigenvalue weighted by atomic mass is 10.1. The quantitative estimate of drug-likeness (QED) is 0.665. The van der Waals surface area contributed by atoms with Crippen molar-refractivity contribution in [1.29, 1.82) is 0 Å². The molecule has 0 spiro atoms. The van der Waals surface area contributed by atoms with E-state index in [0.29, 0.717) is 0 Å². The van der Waals surface area contributed by atoms with Crippen molar-refractivity contribution < 1.29 is 23.5 Å². The Kier molecular flexibility index (Phi) is 4.17. The van der Waals surface area contributed by atoms with E-state index in [1.807, 2.05) is 5.32 Å². The number of amides is 1. The van der Waals surface area contributed by atoms with Crippen molar-refractivity contribution >= 4 is 33.5 Å². The lowest BCUT2D eigenvalue weighted by Crippen LogP contribution is -2.27. The number of carboxylic acid groups (broad SMARTS) is 1. The molecule has 0 saturated carbocycles. The van der Waals surface area contributed by atoms with Crippen LogP contribution in [0.4, 0.5) is 14.5 Å². The molecule has 0 bridgehead atoms. The molecule has 0 fully saturated rings. The van der Waals surface area contributed by atoms with E-state index in [0.717, 1.165) is 19.1 Å². The maximum Gasteiger partial charge on any atom is 0.315 e. The lowest BCUT2D eigenvalue weighted by Gasteiger charge is -2.09. The molecule has 0 aliphatic heterocycles. The van der Waals surface area contributed by atoms with Crippen LogP contribution in [0.15, 0.2) is 16.6 Å². The molecule has 1 aromatic rings. The molecule has 1 atom stereocenters. The monoisotopic (exact) mass is 307 g/mol. The summed E-state index contributed by atoms with van der Waals surface area (Å²) in [4.78, 5) is 21.8. The lowest BCUT2D eigenvalue weighted by molar-refractivity contribution is -0.144. The molecule has 0 saturated heterocycles. The van der Waals surface area contributed by atoms with Crippen LogP contribution in [0.1, 0.15) is 6.92 Å². The molecule has 0 heterocycles. The van der Waals surface area contributed by atoms with E-state index in [2.05, 4.69) is 15.9 Å². The zero-order valence-corrected chi connectivity index (χ0v) is 10.2. The van der Waals surface area contributed by atoms with Crippen molar-refractivity contribution in [3.05, 3.63) is 28.2 Å². The van der Waals surface area contributed by atoms with E-state index in [9.17, 15) is 18.4 Å². The fraction of sp³-hybridized carbons (Fsp3) is 0.200. The fourth-order valence-corrected chi connectivity index (χ4v) is 1.29. The molecular formula is C10H8BrF2NO3. The van der Waals surface area contributed by atoms with Gasteiger partial charge < -0.3 is 10.4 Å². The number of aliphatic carboxylic acids is 1. The Balaban J connectivity index is 2.93. The zero-order chi connectivity index (χ0) is 13.2. The van der Waals surface area contributed by atoms with Crippen LogP contribution in [0.3, 0.4) is 0 Å². The van der Waals surface area contributed by atoms with Gasteiger partial charge in [-0.25, -0.2) is 8.78 Å². The second-order valence-electron chi connectivity index (χ2n) is 3.30. The van der Waals surface area contributed by atoms with Gasteiger partial charge >= 0.3 is 5.97 Å². The number of anilines is 1. The third kappa shape index (κ3) is 3.23. The smallest absolute Gasteiger partial charge is 0.315 e. The number of benzene rings is 1. The van der Waals surface area contributed by atoms with Crippen LogP contribution in [0, 0.1) is 17.6 Å². The molecule has 17 heavy (non-hydrogen) atoms. The summed E-state index contributed by atoms with van der Waals surface area (Å²) in [6, 6.07) is 1.61. The first-order valence-electron chi connectivity index (χ1n) is 4.51. The topological polar surface area (TPSA) is 66.4 Å². The van der Waals surface area contributed by atoms with Crippen molar-refractivity contribution in [2.45, 2.75) is 6.92 Å². The third-order valence-electron chi connectivity index (χ3n) is 2.03. The summed E-state index contributed by atoms with van der Waals surface area (Å²) in [6.07, 6.45) is 0. The van der Waals surface area contributed by atoms with E-state index >= 15 is 0 Å². The summed E-state index contributed by atoms with van der Waals surface area (Å²) >= 11 is 2.78. The predicted octanol–water partition coefficient (Wildman–Crippen LogP) is 2.39. The van der Waals surface area contributed by atoms with Crippen molar-refractivity contribution in [2.75, 3.05) is 5.32 Å². The van der Waals surface area contributed by atoms with Crippen molar-refractivity contribution in [3.8, 4) is 0 Å². The Morgan fingerprint density at radius 1 is 1.35 bits per heavy atom. The molecule has 0 aliphatic carbocycles. The minimum Gasteiger partial charge on any atom is -0.481 e. The second-order valence-corrected chi connectivity index (χ2v) is 4.15. The Hall–Kier alpha value is -1.50. The minimum absolute atomic E-state index is 0.0840. The molecule has 7 heteroatoms. The van der Waals surface area contributed by atoms with Crippen LogP contribution in [-0.4, -0.2) is 17.0 Å². The van der Waals surface area contributed by atoms with Gasteiger partial charge in [0.25, 0.3) is 0 Å². The maximum atomic E-state index is 13.3. The van der Waals surface area contributed by atoms with Crippen LogP contribution >= 0.6 is 15.9 Å². The molecule has 1 aromatic carbocycles. The highest BCUT2D eigenvalue weighted by Crippen LogP contribution is 2.23. The summed E-state index contributed by atoms with van der Waals surface area (Å²) in [7, 11) is 0. The highest BCUT2D eigenvalue weighted by atomic mass is 79.9. The second kappa shape index (κ2) is 5.22. The van der Waals surface area contributed by atoms with Crippen LogP contribution in [0.2, 0.25) is 0 Å². The SMILES string of the molecule is CC(C(=O)O)C(=O)Nc1cc(F)c(Br)cc1F. The molecule has 1 unspecified atom stereocenters. The summed E-state index contributed by atoms with van der Waals surface area (Å²) in [5.41, 5.74) is -0.399. The summed E-state index contributed by atoms with van der Waals surface area (Å²) < 4.78 is 26.3. The van der Waals surface area contributed by atoms with Gasteiger partial charge in [0.15, 0.2) is 0 Å². The van der Waals surface area contributed by atoms with Gasteiger partial charge in [-0.15, -0.1) is 0 Å². The molecule has 2 N–H and O–H groups in total. The first-order valence-corrected chi connectivity index (χ1v) is 5.30. The Bertz CT molecular complexity index is 479. The number of hydrogen-bond acceptors (Lipinski definition) is 2. The van der Waals surface area contributed by atoms with Gasteiger partial charge in [0, 0.05) is 6.07 Å². The van der Waals surface area contributed by atoms with E-state index in [-0.39, 0.29) is 4.47 Å². The largest absolute Gasteiger partial charge is 0.481 e. The van der Waals surface area contributed by atoms with Gasteiger partial charge in [0.2, 0.25) is 5.91 Å². The Labute approximate surface area is 104 Å². The number of carbonyl (C=O) groups is 2. The van der Waals surface area contributed by atoms with Crippen LogP contribution < -0.4 is 5.32 Å². The van der Waals surface area contributed by atoms with E-state index in [4.69, 9.17) is 5.11 Å². The third-order valence-corrected chi connectivity index (χ3v) is 2.64. The van der Waals surface area contributed by atoms with E-state index in [1.165, 1.54) is 0 Å². The maximum absolute atomic E-state index is 13.3. The minimum atomic E-state index is -1.35. The summed E-state index contributed by atoms with van der Waals surface area (Å²) in [5, 5.41) is 10.6. The number of hydrogen-bond donors (Lipinski definition) is 2. The highest BCUT2D eigenvalue weighted by molar-refractivity contribution is 9.10. The standard InChI is InChI=1S/C10H8BrF2NO3/c1-4(10(16)17)9(15)14-8-3-6(12)5(11)2-7(8)13/h2-4H,1H3,(H,14,15)(H,16,17). The van der Waals surface area contributed by atoms with E-state index < -0.39 is 35.1 Å². The number of nitrogens with one attached hydrogen (secondary N) is 1. The molecule has 0 aromatic heterocycles. The summed E-state index contributed by atoms with van der Waals surface area (Å²) in [6.45, 7) is 1.14. The molecule has 1 rings (SSSR count). The fourth-order valence-electron chi connectivity index (χ4n) is 0.971. The molecule has 0 aliphatic rings. The van der Waals surface area contributed by atoms with Crippen LogP contribution in [0.5, 0.6) is 0 Å². The molecular weight excluding hydrogens is 300 g/mol.